The number of hydrogen-bond donors (Lipinski definition) is 0. The summed E-state index contributed by atoms with van der Waals surface area (Å²) >= 11 is 0. The molecule has 2 rings (SSSR count). The van der Waals surface area contributed by atoms with Crippen LogP contribution in [0.15, 0.2) is 4.99 Å². The third kappa shape index (κ3) is 6.57. The maximum absolute atomic E-state index is 4.94. The third-order valence-corrected chi connectivity index (χ3v) is 6.01. The minimum Gasteiger partial charge on any atom is -0.279 e. The Hall–Kier alpha value is -0.370. The second-order valence-electron chi connectivity index (χ2n) is 7.96. The van der Waals surface area contributed by atoms with Crippen molar-refractivity contribution in [2.24, 2.45) is 4.99 Å². The molecule has 2 aliphatic rings. The second-order valence-corrected chi connectivity index (χ2v) is 7.96. The lowest BCUT2D eigenvalue weighted by Crippen LogP contribution is -2.55. The summed E-state index contributed by atoms with van der Waals surface area (Å²) in [5.41, 5.74) is 0. The van der Waals surface area contributed by atoms with Gasteiger partial charge in [-0.25, -0.2) is 4.99 Å². The van der Waals surface area contributed by atoms with E-state index in [1.807, 2.05) is 0 Å². The minimum absolute atomic E-state index is 1.10. The average Bonchev–Trinajstić information content (AvgIpc) is 2.79. The fraction of sp³-hybridized carbons (Fsp3) is 0.952. The first-order valence-corrected chi connectivity index (χ1v) is 10.8. The normalized spacial score (nSPS) is 24.8. The van der Waals surface area contributed by atoms with E-state index in [-0.39, 0.29) is 0 Å². The molecule has 23 heavy (non-hydrogen) atoms. The van der Waals surface area contributed by atoms with E-state index in [2.05, 4.69) is 6.92 Å². The molecule has 2 heteroatoms. The number of rotatable bonds is 11. The smallest absolute Gasteiger partial charge is 0.198 e. The second kappa shape index (κ2) is 11.2. The topological polar surface area (TPSA) is 12.4 Å². The molecule has 0 aromatic heterocycles. The summed E-state index contributed by atoms with van der Waals surface area (Å²) in [6, 6.07) is 0. The number of nitrogens with zero attached hydrogens (tertiary/aromatic N) is 2. The van der Waals surface area contributed by atoms with Gasteiger partial charge >= 0.3 is 0 Å². The highest BCUT2D eigenvalue weighted by atomic mass is 15.4. The molecule has 0 amide bonds. The highest BCUT2D eigenvalue weighted by Gasteiger charge is 2.36. The molecule has 134 valence electrons. The van der Waals surface area contributed by atoms with Crippen LogP contribution < -0.4 is 0 Å². The lowest BCUT2D eigenvalue weighted by Gasteiger charge is -2.40. The molecule has 0 bridgehead atoms. The van der Waals surface area contributed by atoms with Crippen molar-refractivity contribution in [3.8, 4) is 0 Å². The molecule has 2 nitrogen and oxygen atoms in total. The lowest BCUT2D eigenvalue weighted by molar-refractivity contribution is -0.845. The van der Waals surface area contributed by atoms with Gasteiger partial charge < -0.3 is 0 Å². The predicted molar refractivity (Wildman–Crippen MR) is 102 cm³/mol. The molecule has 0 saturated carbocycles. The summed E-state index contributed by atoms with van der Waals surface area (Å²) in [7, 11) is 0. The SMILES string of the molecule is CCCCCCCCCCCC[N+]12CCCCCC1=NCCC2. The maximum atomic E-state index is 4.94. The fourth-order valence-corrected chi connectivity index (χ4v) is 4.55. The van der Waals surface area contributed by atoms with E-state index in [0.29, 0.717) is 0 Å². The number of amidine groups is 1. The molecule has 0 radical (unpaired) electrons. The van der Waals surface area contributed by atoms with Crippen molar-refractivity contribution in [2.45, 2.75) is 103 Å². The monoisotopic (exact) mass is 321 g/mol. The summed E-state index contributed by atoms with van der Waals surface area (Å²) in [5, 5.41) is 0. The Kier molecular flexibility index (Phi) is 9.26. The largest absolute Gasteiger partial charge is 0.279 e. The molecule has 0 aromatic rings. The molecule has 1 saturated heterocycles. The van der Waals surface area contributed by atoms with Gasteiger partial charge in [0.2, 0.25) is 0 Å². The Morgan fingerprint density at radius 1 is 0.739 bits per heavy atom. The van der Waals surface area contributed by atoms with Crippen molar-refractivity contribution >= 4 is 5.84 Å². The van der Waals surface area contributed by atoms with Crippen LogP contribution in [-0.4, -0.2) is 36.5 Å². The van der Waals surface area contributed by atoms with Crippen molar-refractivity contribution in [3.05, 3.63) is 0 Å². The molecule has 1 unspecified atom stereocenters. The Labute approximate surface area is 145 Å². The molecular formula is C21H41N2+. The van der Waals surface area contributed by atoms with Crippen LogP contribution >= 0.6 is 0 Å². The summed E-state index contributed by atoms with van der Waals surface area (Å²) < 4.78 is 1.29. The Morgan fingerprint density at radius 2 is 1.39 bits per heavy atom. The molecule has 0 N–H and O–H groups in total. The summed E-state index contributed by atoms with van der Waals surface area (Å²) in [4.78, 5) is 4.94. The van der Waals surface area contributed by atoms with Gasteiger partial charge in [-0.2, -0.15) is 0 Å². The summed E-state index contributed by atoms with van der Waals surface area (Å²) in [6.45, 7) is 7.56. The first kappa shape index (κ1) is 19.0. The molecular weight excluding hydrogens is 280 g/mol. The first-order valence-electron chi connectivity index (χ1n) is 10.8. The van der Waals surface area contributed by atoms with E-state index in [1.165, 1.54) is 120 Å². The Balaban J connectivity index is 1.57. The third-order valence-electron chi connectivity index (χ3n) is 6.01. The lowest BCUT2D eigenvalue weighted by atomic mass is 10.1. The van der Waals surface area contributed by atoms with Crippen LogP contribution in [-0.2, 0) is 0 Å². The van der Waals surface area contributed by atoms with E-state index < -0.39 is 0 Å². The van der Waals surface area contributed by atoms with Gasteiger partial charge in [0.1, 0.15) is 0 Å². The van der Waals surface area contributed by atoms with Crippen molar-refractivity contribution < 1.29 is 4.48 Å². The first-order chi connectivity index (χ1) is 11.4. The number of unbranched alkanes of at least 4 members (excludes halogenated alkanes) is 9. The highest BCUT2D eigenvalue weighted by Crippen LogP contribution is 2.26. The zero-order valence-electron chi connectivity index (χ0n) is 15.8. The zero-order valence-corrected chi connectivity index (χ0v) is 15.8. The number of quaternary nitrogens is 1. The van der Waals surface area contributed by atoms with Gasteiger partial charge in [-0.1, -0.05) is 58.3 Å². The quantitative estimate of drug-likeness (QED) is 0.322. The molecule has 2 aliphatic heterocycles. The van der Waals surface area contributed by atoms with Gasteiger partial charge in [0.25, 0.3) is 0 Å². The Morgan fingerprint density at radius 3 is 2.13 bits per heavy atom. The van der Waals surface area contributed by atoms with Gasteiger partial charge in [-0.05, 0) is 32.1 Å². The molecule has 1 fully saturated rings. The van der Waals surface area contributed by atoms with Crippen LogP contribution in [0.5, 0.6) is 0 Å². The van der Waals surface area contributed by atoms with E-state index in [9.17, 15) is 0 Å². The highest BCUT2D eigenvalue weighted by molar-refractivity contribution is 5.76. The maximum Gasteiger partial charge on any atom is 0.198 e. The van der Waals surface area contributed by atoms with Crippen molar-refractivity contribution in [1.82, 2.24) is 0 Å². The van der Waals surface area contributed by atoms with Crippen LogP contribution in [0.4, 0.5) is 0 Å². The van der Waals surface area contributed by atoms with Crippen molar-refractivity contribution in [3.63, 3.8) is 0 Å². The number of hydrogen-bond acceptors (Lipinski definition) is 1. The molecule has 2 heterocycles. The fourth-order valence-electron chi connectivity index (χ4n) is 4.55. The minimum atomic E-state index is 1.10. The molecule has 1 atom stereocenters. The van der Waals surface area contributed by atoms with Crippen LogP contribution in [0.3, 0.4) is 0 Å². The molecule has 0 spiro atoms. The van der Waals surface area contributed by atoms with E-state index in [4.69, 9.17) is 4.99 Å². The number of fused-ring (bicyclic) bond motifs is 1. The van der Waals surface area contributed by atoms with Crippen LogP contribution in [0.1, 0.15) is 103 Å². The summed E-state index contributed by atoms with van der Waals surface area (Å²) in [6.07, 6.45) is 21.3. The van der Waals surface area contributed by atoms with Gasteiger partial charge in [-0.3, -0.25) is 4.48 Å². The number of aliphatic imine (C=N–C) groups is 1. The zero-order chi connectivity index (χ0) is 16.2. The van der Waals surface area contributed by atoms with Gasteiger partial charge in [0.15, 0.2) is 5.84 Å². The Bertz CT molecular complexity index is 337. The van der Waals surface area contributed by atoms with Crippen LogP contribution in [0.25, 0.3) is 0 Å². The van der Waals surface area contributed by atoms with Crippen molar-refractivity contribution in [1.29, 1.82) is 0 Å². The molecule has 0 aliphatic carbocycles. The molecule has 0 aromatic carbocycles. The standard InChI is InChI=1S/C21H41N2/c1-2-3-4-5-6-7-8-9-10-13-18-23-19-14-11-12-16-21(23)22-17-15-20-23/h2-20H2,1H3/q+1. The van der Waals surface area contributed by atoms with Crippen molar-refractivity contribution in [2.75, 3.05) is 26.2 Å². The van der Waals surface area contributed by atoms with Gasteiger partial charge in [0.05, 0.1) is 19.6 Å². The average molecular weight is 322 g/mol. The van der Waals surface area contributed by atoms with Gasteiger partial charge in [0, 0.05) is 19.4 Å². The van der Waals surface area contributed by atoms with Gasteiger partial charge in [-0.15, -0.1) is 0 Å². The van der Waals surface area contributed by atoms with Crippen LogP contribution in [0.2, 0.25) is 0 Å². The summed E-state index contributed by atoms with van der Waals surface area (Å²) in [5.74, 6) is 1.57. The predicted octanol–water partition coefficient (Wildman–Crippen LogP) is 6.10. The van der Waals surface area contributed by atoms with Crippen LogP contribution in [0, 0.1) is 0 Å². The van der Waals surface area contributed by atoms with E-state index >= 15 is 0 Å². The van der Waals surface area contributed by atoms with E-state index in [1.54, 1.807) is 5.84 Å². The van der Waals surface area contributed by atoms with E-state index in [0.717, 1.165) is 6.54 Å².